The van der Waals surface area contributed by atoms with Crippen LogP contribution in [-0.2, 0) is 20.0 Å². The summed E-state index contributed by atoms with van der Waals surface area (Å²) in [6.45, 7) is 0. The Bertz CT molecular complexity index is 907. The molecule has 23 heavy (non-hydrogen) atoms. The van der Waals surface area contributed by atoms with Crippen LogP contribution in [0.15, 0.2) is 47.4 Å². The molecule has 2 N–H and O–H groups in total. The molecule has 0 radical (unpaired) electrons. The average molecular weight is 362 g/mol. The van der Waals surface area contributed by atoms with Crippen LogP contribution in [0.2, 0.25) is 0 Å². The van der Waals surface area contributed by atoms with E-state index in [1.807, 2.05) is 0 Å². The number of hydrogen-bond donors (Lipinski definition) is 2. The lowest BCUT2D eigenvalue weighted by Crippen LogP contribution is -2.14. The summed E-state index contributed by atoms with van der Waals surface area (Å²) in [4.78, 5) is -0.562. The van der Waals surface area contributed by atoms with Gasteiger partial charge in [-0.1, -0.05) is 0 Å². The van der Waals surface area contributed by atoms with E-state index in [9.17, 15) is 25.6 Å². The maximum absolute atomic E-state index is 13.1. The van der Waals surface area contributed by atoms with Gasteiger partial charge in [0.25, 0.3) is 10.0 Å². The normalized spacial score (nSPS) is 12.0. The molecule has 0 aromatic heterocycles. The second-order valence-electron chi connectivity index (χ2n) is 4.66. The van der Waals surface area contributed by atoms with Crippen LogP contribution in [0.3, 0.4) is 0 Å². The van der Waals surface area contributed by atoms with E-state index in [-0.39, 0.29) is 11.4 Å². The SMILES string of the molecule is CS(=O)(=O)Nc1ccc(NS(=O)(=O)c2cc(F)cc(F)c2)cc1. The van der Waals surface area contributed by atoms with Gasteiger partial charge in [0.05, 0.1) is 11.2 Å². The van der Waals surface area contributed by atoms with E-state index in [2.05, 4.69) is 9.44 Å². The maximum Gasteiger partial charge on any atom is 0.262 e. The first-order valence-corrected chi connectivity index (χ1v) is 9.49. The molecule has 0 unspecified atom stereocenters. The van der Waals surface area contributed by atoms with Gasteiger partial charge in [-0.25, -0.2) is 25.6 Å². The largest absolute Gasteiger partial charge is 0.284 e. The van der Waals surface area contributed by atoms with E-state index in [0.29, 0.717) is 18.2 Å². The number of benzene rings is 2. The quantitative estimate of drug-likeness (QED) is 0.852. The smallest absolute Gasteiger partial charge is 0.262 e. The molecule has 2 aromatic carbocycles. The number of hydrogen-bond acceptors (Lipinski definition) is 4. The first-order chi connectivity index (χ1) is 10.5. The minimum atomic E-state index is -4.17. The molecule has 0 aliphatic rings. The molecule has 10 heteroatoms. The summed E-state index contributed by atoms with van der Waals surface area (Å²) >= 11 is 0. The zero-order chi connectivity index (χ0) is 17.3. The molecular formula is C13H12F2N2O4S2. The lowest BCUT2D eigenvalue weighted by atomic mass is 10.3. The molecule has 2 aromatic rings. The fraction of sp³-hybridized carbons (Fsp3) is 0.0769. The Balaban J connectivity index is 2.24. The van der Waals surface area contributed by atoms with Crippen LogP contribution in [0.25, 0.3) is 0 Å². The average Bonchev–Trinajstić information content (AvgIpc) is 2.38. The van der Waals surface area contributed by atoms with Crippen LogP contribution in [-0.4, -0.2) is 23.1 Å². The summed E-state index contributed by atoms with van der Waals surface area (Å²) in [6, 6.07) is 7.22. The van der Waals surface area contributed by atoms with Crippen molar-refractivity contribution in [2.75, 3.05) is 15.7 Å². The fourth-order valence-corrected chi connectivity index (χ4v) is 3.38. The van der Waals surface area contributed by atoms with Gasteiger partial charge in [-0.15, -0.1) is 0 Å². The number of nitrogens with one attached hydrogen (secondary N) is 2. The monoisotopic (exact) mass is 362 g/mol. The molecule has 2 rings (SSSR count). The van der Waals surface area contributed by atoms with Crippen LogP contribution in [0, 0.1) is 11.6 Å². The molecule has 6 nitrogen and oxygen atoms in total. The van der Waals surface area contributed by atoms with Crippen LogP contribution < -0.4 is 9.44 Å². The third-order valence-electron chi connectivity index (χ3n) is 2.59. The molecule has 0 saturated carbocycles. The Labute approximate surface area is 132 Å². The predicted octanol–water partition coefficient (Wildman–Crippen LogP) is 2.14. The Morgan fingerprint density at radius 2 is 1.22 bits per heavy atom. The summed E-state index contributed by atoms with van der Waals surface area (Å²) in [7, 11) is -7.62. The van der Waals surface area contributed by atoms with Crippen LogP contribution in [0.1, 0.15) is 0 Å². The Morgan fingerprint density at radius 3 is 1.65 bits per heavy atom. The van der Waals surface area contributed by atoms with Crippen molar-refractivity contribution in [1.29, 1.82) is 0 Å². The molecule has 0 aliphatic carbocycles. The Morgan fingerprint density at radius 1 is 0.783 bits per heavy atom. The van der Waals surface area contributed by atoms with Gasteiger partial charge < -0.3 is 0 Å². The van der Waals surface area contributed by atoms with Gasteiger partial charge >= 0.3 is 0 Å². The van der Waals surface area contributed by atoms with Gasteiger partial charge in [-0.3, -0.25) is 9.44 Å². The number of halogens is 2. The summed E-state index contributed by atoms with van der Waals surface area (Å²) in [6.07, 6.45) is 0.974. The first-order valence-electron chi connectivity index (χ1n) is 6.12. The van der Waals surface area contributed by atoms with Crippen molar-refractivity contribution in [3.8, 4) is 0 Å². The summed E-state index contributed by atoms with van der Waals surface area (Å²) in [5, 5.41) is 0. The molecule has 0 spiro atoms. The summed E-state index contributed by atoms with van der Waals surface area (Å²) in [5.41, 5.74) is 0.348. The lowest BCUT2D eigenvalue weighted by molar-refractivity contribution is 0.568. The van der Waals surface area contributed by atoms with E-state index in [1.54, 1.807) is 0 Å². The van der Waals surface area contributed by atoms with Gasteiger partial charge in [0.15, 0.2) is 0 Å². The highest BCUT2D eigenvalue weighted by Gasteiger charge is 2.16. The van der Waals surface area contributed by atoms with Crippen molar-refractivity contribution in [2.45, 2.75) is 4.90 Å². The molecule has 0 fully saturated rings. The molecule has 0 heterocycles. The second kappa shape index (κ2) is 6.13. The van der Waals surface area contributed by atoms with Crippen molar-refractivity contribution in [3.63, 3.8) is 0 Å². The number of rotatable bonds is 5. The van der Waals surface area contributed by atoms with E-state index in [0.717, 1.165) is 6.26 Å². The number of anilines is 2. The molecule has 124 valence electrons. The van der Waals surface area contributed by atoms with Crippen LogP contribution in [0.4, 0.5) is 20.2 Å². The minimum Gasteiger partial charge on any atom is -0.284 e. The third kappa shape index (κ3) is 4.89. The predicted molar refractivity (Wildman–Crippen MR) is 82.1 cm³/mol. The van der Waals surface area contributed by atoms with Crippen LogP contribution in [0.5, 0.6) is 0 Å². The molecule has 0 atom stereocenters. The van der Waals surface area contributed by atoms with Gasteiger partial charge in [0.2, 0.25) is 10.0 Å². The van der Waals surface area contributed by atoms with Crippen molar-refractivity contribution >= 4 is 31.4 Å². The van der Waals surface area contributed by atoms with E-state index in [1.165, 1.54) is 24.3 Å². The van der Waals surface area contributed by atoms with Crippen molar-refractivity contribution in [2.24, 2.45) is 0 Å². The van der Waals surface area contributed by atoms with E-state index in [4.69, 9.17) is 0 Å². The zero-order valence-corrected chi connectivity index (χ0v) is 13.4. The second-order valence-corrected chi connectivity index (χ2v) is 8.09. The highest BCUT2D eigenvalue weighted by Crippen LogP contribution is 2.20. The molecule has 0 bridgehead atoms. The fourth-order valence-electron chi connectivity index (χ4n) is 1.72. The Kier molecular flexibility index (Phi) is 4.57. The van der Waals surface area contributed by atoms with E-state index < -0.39 is 36.6 Å². The topological polar surface area (TPSA) is 92.3 Å². The van der Waals surface area contributed by atoms with Crippen LogP contribution >= 0.6 is 0 Å². The summed E-state index contributed by atoms with van der Waals surface area (Å²) < 4.78 is 76.8. The highest BCUT2D eigenvalue weighted by atomic mass is 32.2. The number of sulfonamides is 2. The first kappa shape index (κ1) is 17.2. The van der Waals surface area contributed by atoms with Gasteiger partial charge in [-0.05, 0) is 36.4 Å². The van der Waals surface area contributed by atoms with Gasteiger partial charge in [-0.2, -0.15) is 0 Å². The van der Waals surface area contributed by atoms with E-state index >= 15 is 0 Å². The zero-order valence-electron chi connectivity index (χ0n) is 11.7. The Hall–Kier alpha value is -2.20. The van der Waals surface area contributed by atoms with Gasteiger partial charge in [0.1, 0.15) is 11.6 Å². The lowest BCUT2D eigenvalue weighted by Gasteiger charge is -2.09. The highest BCUT2D eigenvalue weighted by molar-refractivity contribution is 7.92. The third-order valence-corrected chi connectivity index (χ3v) is 4.55. The summed E-state index contributed by atoms with van der Waals surface area (Å²) in [5.74, 6) is -2.03. The molecule has 0 saturated heterocycles. The van der Waals surface area contributed by atoms with Crippen molar-refractivity contribution < 1.29 is 25.6 Å². The molecule has 0 aliphatic heterocycles. The molecular weight excluding hydrogens is 350 g/mol. The maximum atomic E-state index is 13.1. The molecule has 0 amide bonds. The van der Waals surface area contributed by atoms with Gasteiger partial charge in [0, 0.05) is 17.4 Å². The minimum absolute atomic E-state index is 0.105. The van der Waals surface area contributed by atoms with Crippen molar-refractivity contribution in [1.82, 2.24) is 0 Å². The van der Waals surface area contributed by atoms with Crippen molar-refractivity contribution in [3.05, 3.63) is 54.1 Å². The standard InChI is InChI=1S/C13H12F2N2O4S2/c1-22(18,19)16-11-2-4-12(5-3-11)17-23(20,21)13-7-9(14)6-10(15)8-13/h2-8,16-17H,1H3.